The van der Waals surface area contributed by atoms with Crippen LogP contribution in [0.2, 0.25) is 0 Å². The molecule has 0 saturated heterocycles. The van der Waals surface area contributed by atoms with E-state index >= 15 is 0 Å². The lowest BCUT2D eigenvalue weighted by Crippen LogP contribution is -2.25. The predicted molar refractivity (Wildman–Crippen MR) is 117 cm³/mol. The molecule has 32 heavy (non-hydrogen) atoms. The minimum Gasteiger partial charge on any atom is -0.313 e. The monoisotopic (exact) mass is 440 g/mol. The first-order chi connectivity index (χ1) is 15.2. The number of rotatable bonds is 7. The second-order valence-electron chi connectivity index (χ2n) is 7.47. The Morgan fingerprint density at radius 3 is 2.19 bits per heavy atom. The number of pyridine rings is 1. The van der Waals surface area contributed by atoms with E-state index < -0.39 is 17.6 Å². The fraction of sp³-hybridized carbons (Fsp3) is 0.240. The van der Waals surface area contributed by atoms with Crippen LogP contribution in [-0.2, 0) is 11.2 Å². The van der Waals surface area contributed by atoms with E-state index in [9.17, 15) is 22.8 Å². The SMILES string of the molecule is CCC(=O)N(C)c1ccc(-c2ccc(C(=O)CCc3ccc(F)nc3C)c(F)c2)cc1F. The molecule has 1 amide bonds. The number of anilines is 1. The minimum absolute atomic E-state index is 0.0472. The van der Waals surface area contributed by atoms with E-state index in [0.717, 1.165) is 5.56 Å². The Balaban J connectivity index is 1.76. The number of aryl methyl sites for hydroxylation is 2. The summed E-state index contributed by atoms with van der Waals surface area (Å²) in [5.41, 5.74) is 2.12. The number of halogens is 3. The van der Waals surface area contributed by atoms with Crippen LogP contribution >= 0.6 is 0 Å². The molecule has 0 aliphatic carbocycles. The molecule has 0 N–H and O–H groups in total. The van der Waals surface area contributed by atoms with Crippen molar-refractivity contribution in [3.63, 3.8) is 0 Å². The molecule has 7 heteroatoms. The normalized spacial score (nSPS) is 10.8. The summed E-state index contributed by atoms with van der Waals surface area (Å²) < 4.78 is 42.3. The molecule has 0 fully saturated rings. The maximum atomic E-state index is 14.7. The number of benzene rings is 2. The van der Waals surface area contributed by atoms with E-state index in [2.05, 4.69) is 4.98 Å². The van der Waals surface area contributed by atoms with Gasteiger partial charge in [0.15, 0.2) is 5.78 Å². The Bertz CT molecular complexity index is 1180. The van der Waals surface area contributed by atoms with Gasteiger partial charge in [0.05, 0.1) is 11.3 Å². The highest BCUT2D eigenvalue weighted by Gasteiger charge is 2.17. The van der Waals surface area contributed by atoms with Crippen molar-refractivity contribution in [2.24, 2.45) is 0 Å². The molecule has 0 unspecified atom stereocenters. The Morgan fingerprint density at radius 2 is 1.59 bits per heavy atom. The average Bonchev–Trinajstić information content (AvgIpc) is 2.77. The molecular formula is C25H23F3N2O2. The van der Waals surface area contributed by atoms with Crippen molar-refractivity contribution >= 4 is 17.4 Å². The highest BCUT2D eigenvalue weighted by atomic mass is 19.1. The minimum atomic E-state index is -0.704. The Hall–Kier alpha value is -3.48. The molecule has 0 atom stereocenters. The van der Waals surface area contributed by atoms with Gasteiger partial charge in [-0.15, -0.1) is 0 Å². The third kappa shape index (κ3) is 5.04. The van der Waals surface area contributed by atoms with E-state index in [1.54, 1.807) is 32.0 Å². The van der Waals surface area contributed by atoms with Crippen molar-refractivity contribution in [1.29, 1.82) is 0 Å². The zero-order chi connectivity index (χ0) is 23.4. The lowest BCUT2D eigenvalue weighted by Gasteiger charge is -2.18. The summed E-state index contributed by atoms with van der Waals surface area (Å²) in [6.45, 7) is 3.34. The van der Waals surface area contributed by atoms with Crippen LogP contribution in [0.3, 0.4) is 0 Å². The molecule has 2 aromatic carbocycles. The fourth-order valence-corrected chi connectivity index (χ4v) is 3.46. The van der Waals surface area contributed by atoms with Crippen molar-refractivity contribution in [2.45, 2.75) is 33.1 Å². The van der Waals surface area contributed by atoms with E-state index in [1.807, 2.05) is 0 Å². The number of Topliss-reactive ketones (excluding diaryl/α,β-unsaturated/α-hetero) is 1. The number of aromatic nitrogens is 1. The highest BCUT2D eigenvalue weighted by molar-refractivity contribution is 5.97. The first-order valence-corrected chi connectivity index (χ1v) is 10.2. The lowest BCUT2D eigenvalue weighted by atomic mass is 9.98. The van der Waals surface area contributed by atoms with Gasteiger partial charge < -0.3 is 4.90 Å². The van der Waals surface area contributed by atoms with Crippen LogP contribution in [0.5, 0.6) is 0 Å². The zero-order valence-electron chi connectivity index (χ0n) is 18.1. The van der Waals surface area contributed by atoms with Gasteiger partial charge in [0.1, 0.15) is 11.6 Å². The quantitative estimate of drug-likeness (QED) is 0.352. The maximum absolute atomic E-state index is 14.7. The van der Waals surface area contributed by atoms with Gasteiger partial charge in [-0.25, -0.2) is 13.8 Å². The lowest BCUT2D eigenvalue weighted by molar-refractivity contribution is -0.118. The molecule has 0 aliphatic rings. The third-order valence-corrected chi connectivity index (χ3v) is 5.37. The van der Waals surface area contributed by atoms with Crippen molar-refractivity contribution in [1.82, 2.24) is 4.98 Å². The summed E-state index contributed by atoms with van der Waals surface area (Å²) in [6.07, 6.45) is 0.608. The van der Waals surface area contributed by atoms with Gasteiger partial charge in [0.2, 0.25) is 11.9 Å². The molecule has 4 nitrogen and oxygen atoms in total. The molecule has 3 rings (SSSR count). The number of hydrogen-bond donors (Lipinski definition) is 0. The Labute approximate surface area is 184 Å². The smallest absolute Gasteiger partial charge is 0.226 e. The largest absolute Gasteiger partial charge is 0.313 e. The van der Waals surface area contributed by atoms with Crippen molar-refractivity contribution < 1.29 is 22.8 Å². The standard InChI is InChI=1S/C25H23F3N2O2/c1-4-25(32)30(3)22-10-6-18(14-21(22)27)17-5-9-19(20(26)13-17)23(31)11-7-16-8-12-24(28)29-15(16)2/h5-6,8-10,12-14H,4,7,11H2,1-3H3. The Morgan fingerprint density at radius 1 is 0.938 bits per heavy atom. The fourth-order valence-electron chi connectivity index (χ4n) is 3.46. The van der Waals surface area contributed by atoms with Gasteiger partial charge in [-0.2, -0.15) is 4.39 Å². The predicted octanol–water partition coefficient (Wildman–Crippen LogP) is 5.66. The maximum Gasteiger partial charge on any atom is 0.226 e. The molecule has 0 saturated carbocycles. The van der Waals surface area contributed by atoms with E-state index in [4.69, 9.17) is 0 Å². The van der Waals surface area contributed by atoms with Gasteiger partial charge in [0.25, 0.3) is 0 Å². The van der Waals surface area contributed by atoms with Gasteiger partial charge in [-0.1, -0.05) is 25.1 Å². The van der Waals surface area contributed by atoms with E-state index in [0.29, 0.717) is 23.2 Å². The molecule has 1 heterocycles. The van der Waals surface area contributed by atoms with Crippen LogP contribution in [-0.4, -0.2) is 23.7 Å². The summed E-state index contributed by atoms with van der Waals surface area (Å²) in [4.78, 5) is 29.3. The third-order valence-electron chi connectivity index (χ3n) is 5.37. The van der Waals surface area contributed by atoms with Crippen molar-refractivity contribution in [3.05, 3.63) is 82.9 Å². The van der Waals surface area contributed by atoms with Crippen molar-refractivity contribution in [3.8, 4) is 11.1 Å². The number of amides is 1. The van der Waals surface area contributed by atoms with Crippen LogP contribution in [0.1, 0.15) is 41.4 Å². The molecule has 1 aromatic heterocycles. The van der Waals surface area contributed by atoms with Crippen molar-refractivity contribution in [2.75, 3.05) is 11.9 Å². The molecule has 0 bridgehead atoms. The van der Waals surface area contributed by atoms with Crippen LogP contribution in [0, 0.1) is 24.5 Å². The van der Waals surface area contributed by atoms with Crippen LogP contribution in [0.25, 0.3) is 11.1 Å². The highest BCUT2D eigenvalue weighted by Crippen LogP contribution is 2.28. The summed E-state index contributed by atoms with van der Waals surface area (Å²) in [7, 11) is 1.49. The molecule has 0 spiro atoms. The molecule has 166 valence electrons. The summed E-state index contributed by atoms with van der Waals surface area (Å²) >= 11 is 0. The second-order valence-corrected chi connectivity index (χ2v) is 7.47. The average molecular weight is 440 g/mol. The number of carbonyl (C=O) groups excluding carboxylic acids is 2. The van der Waals surface area contributed by atoms with Gasteiger partial charge in [-0.3, -0.25) is 9.59 Å². The first-order valence-electron chi connectivity index (χ1n) is 10.2. The molecule has 3 aromatic rings. The molecule has 0 radical (unpaired) electrons. The summed E-state index contributed by atoms with van der Waals surface area (Å²) in [6, 6.07) is 11.2. The number of ketones is 1. The number of nitrogens with zero attached hydrogens (tertiary/aromatic N) is 2. The van der Waals surface area contributed by atoms with E-state index in [1.165, 1.54) is 42.3 Å². The zero-order valence-corrected chi connectivity index (χ0v) is 18.1. The van der Waals surface area contributed by atoms with Crippen LogP contribution in [0.4, 0.5) is 18.9 Å². The Kier molecular flexibility index (Phi) is 7.08. The summed E-state index contributed by atoms with van der Waals surface area (Å²) in [5.74, 6) is -2.51. The van der Waals surface area contributed by atoms with Gasteiger partial charge in [-0.05, 0) is 60.4 Å². The number of hydrogen-bond acceptors (Lipinski definition) is 3. The van der Waals surface area contributed by atoms with Crippen LogP contribution in [0.15, 0.2) is 48.5 Å². The van der Waals surface area contributed by atoms with E-state index in [-0.39, 0.29) is 35.8 Å². The number of carbonyl (C=O) groups is 2. The first kappa shape index (κ1) is 23.2. The van der Waals surface area contributed by atoms with Crippen LogP contribution < -0.4 is 4.90 Å². The molecule has 0 aliphatic heterocycles. The molecular weight excluding hydrogens is 417 g/mol. The second kappa shape index (κ2) is 9.77. The summed E-state index contributed by atoms with van der Waals surface area (Å²) in [5, 5.41) is 0. The van der Waals surface area contributed by atoms with Gasteiger partial charge >= 0.3 is 0 Å². The van der Waals surface area contributed by atoms with Gasteiger partial charge in [0, 0.05) is 25.6 Å². The topological polar surface area (TPSA) is 50.3 Å².